The molecule has 0 aliphatic carbocycles. The van der Waals surface area contributed by atoms with E-state index in [-0.39, 0.29) is 4.32 Å². The van der Waals surface area contributed by atoms with Crippen molar-refractivity contribution in [2.75, 3.05) is 0 Å². The predicted molar refractivity (Wildman–Crippen MR) is 111 cm³/mol. The van der Waals surface area contributed by atoms with Crippen molar-refractivity contribution in [3.05, 3.63) is 77.0 Å². The zero-order chi connectivity index (χ0) is 19.7. The standard InChI is InChI=1S/C20H13N3O3S2/c24-18-16(11-12-6-7-14-15(10-12)22-9-8-21-14)28-20(27)23(18)17(19(25)26)13-4-2-1-3-5-13/h1-11,17H,(H,25,26)/b16-11+/t17-/m1/s1. The monoisotopic (exact) mass is 407 g/mol. The Balaban J connectivity index is 1.69. The molecular weight excluding hydrogens is 394 g/mol. The molecule has 0 bridgehead atoms. The summed E-state index contributed by atoms with van der Waals surface area (Å²) in [5, 5.41) is 9.72. The summed E-state index contributed by atoms with van der Waals surface area (Å²) >= 11 is 6.42. The number of rotatable bonds is 4. The molecule has 1 aliphatic rings. The number of aromatic nitrogens is 2. The lowest BCUT2D eigenvalue weighted by Crippen LogP contribution is -2.37. The summed E-state index contributed by atoms with van der Waals surface area (Å²) in [6.07, 6.45) is 4.91. The molecule has 2 aromatic carbocycles. The van der Waals surface area contributed by atoms with Crippen molar-refractivity contribution < 1.29 is 14.7 Å². The van der Waals surface area contributed by atoms with E-state index in [0.717, 1.165) is 27.7 Å². The lowest BCUT2D eigenvalue weighted by atomic mass is 10.1. The Hall–Kier alpha value is -3.10. The van der Waals surface area contributed by atoms with Crippen molar-refractivity contribution in [3.63, 3.8) is 0 Å². The first kappa shape index (κ1) is 18.3. The minimum Gasteiger partial charge on any atom is -0.479 e. The molecular formula is C20H13N3O3S2. The number of nitrogens with zero attached hydrogens (tertiary/aromatic N) is 3. The second kappa shape index (κ2) is 7.49. The largest absolute Gasteiger partial charge is 0.479 e. The van der Waals surface area contributed by atoms with Crippen LogP contribution in [0.25, 0.3) is 17.1 Å². The molecule has 1 saturated heterocycles. The summed E-state index contributed by atoms with van der Waals surface area (Å²) in [7, 11) is 0. The highest BCUT2D eigenvalue weighted by Gasteiger charge is 2.41. The van der Waals surface area contributed by atoms with Gasteiger partial charge in [-0.15, -0.1) is 0 Å². The van der Waals surface area contributed by atoms with E-state index in [2.05, 4.69) is 9.97 Å². The fourth-order valence-corrected chi connectivity index (χ4v) is 4.27. The Morgan fingerprint density at radius 2 is 1.82 bits per heavy atom. The van der Waals surface area contributed by atoms with Crippen molar-refractivity contribution in [3.8, 4) is 0 Å². The van der Waals surface area contributed by atoms with Crippen LogP contribution in [-0.4, -0.2) is 36.2 Å². The van der Waals surface area contributed by atoms with E-state index in [1.165, 1.54) is 0 Å². The molecule has 1 aliphatic heterocycles. The molecule has 1 amide bonds. The molecule has 2 heterocycles. The predicted octanol–water partition coefficient (Wildman–Crippen LogP) is 3.66. The number of fused-ring (bicyclic) bond motifs is 1. The molecule has 0 spiro atoms. The van der Waals surface area contributed by atoms with Gasteiger partial charge in [-0.3, -0.25) is 19.7 Å². The van der Waals surface area contributed by atoms with Gasteiger partial charge in [0.15, 0.2) is 6.04 Å². The summed E-state index contributed by atoms with van der Waals surface area (Å²) in [4.78, 5) is 34.9. The van der Waals surface area contributed by atoms with Crippen molar-refractivity contribution in [2.24, 2.45) is 0 Å². The van der Waals surface area contributed by atoms with E-state index in [1.54, 1.807) is 48.8 Å². The van der Waals surface area contributed by atoms with Gasteiger partial charge in [0.2, 0.25) is 0 Å². The molecule has 0 saturated carbocycles. The number of thioether (sulfide) groups is 1. The number of hydrogen-bond donors (Lipinski definition) is 1. The van der Waals surface area contributed by atoms with Gasteiger partial charge in [-0.25, -0.2) is 4.79 Å². The van der Waals surface area contributed by atoms with E-state index >= 15 is 0 Å². The zero-order valence-corrected chi connectivity index (χ0v) is 16.0. The smallest absolute Gasteiger partial charge is 0.331 e. The minimum atomic E-state index is -1.16. The molecule has 1 atom stereocenters. The molecule has 1 fully saturated rings. The number of carboxylic acids is 1. The average molecular weight is 407 g/mol. The maximum absolute atomic E-state index is 13.0. The Morgan fingerprint density at radius 3 is 2.54 bits per heavy atom. The van der Waals surface area contributed by atoms with E-state index in [1.807, 2.05) is 18.2 Å². The van der Waals surface area contributed by atoms with Gasteiger partial charge in [0.05, 0.1) is 15.9 Å². The summed E-state index contributed by atoms with van der Waals surface area (Å²) in [5.74, 6) is -1.56. The summed E-state index contributed by atoms with van der Waals surface area (Å²) in [6, 6.07) is 12.9. The Labute approximate surface area is 169 Å². The topological polar surface area (TPSA) is 83.4 Å². The number of carboxylic acid groups (broad SMARTS) is 1. The lowest BCUT2D eigenvalue weighted by molar-refractivity contribution is -0.145. The van der Waals surface area contributed by atoms with Crippen molar-refractivity contribution in [2.45, 2.75) is 6.04 Å². The van der Waals surface area contributed by atoms with Crippen LogP contribution in [0.15, 0.2) is 65.8 Å². The Morgan fingerprint density at radius 1 is 1.11 bits per heavy atom. The highest BCUT2D eigenvalue weighted by Crippen LogP contribution is 2.38. The molecule has 138 valence electrons. The normalized spacial score (nSPS) is 16.7. The first-order chi connectivity index (χ1) is 13.5. The first-order valence-corrected chi connectivity index (χ1v) is 9.52. The van der Waals surface area contributed by atoms with Crippen LogP contribution >= 0.6 is 24.0 Å². The molecule has 6 nitrogen and oxygen atoms in total. The SMILES string of the molecule is O=C(O)[C@@H](c1ccccc1)N1C(=O)/C(=C\c2ccc3nccnc3c2)SC1=S. The number of carbonyl (C=O) groups excluding carboxylic acids is 1. The first-order valence-electron chi connectivity index (χ1n) is 8.30. The summed E-state index contributed by atoms with van der Waals surface area (Å²) in [5.41, 5.74) is 2.72. The third-order valence-corrected chi connectivity index (χ3v) is 5.55. The number of hydrogen-bond acceptors (Lipinski definition) is 6. The van der Waals surface area contributed by atoms with Crippen LogP contribution in [0.2, 0.25) is 0 Å². The zero-order valence-electron chi connectivity index (χ0n) is 14.4. The van der Waals surface area contributed by atoms with Gasteiger partial charge in [0.25, 0.3) is 5.91 Å². The maximum Gasteiger partial charge on any atom is 0.331 e. The van der Waals surface area contributed by atoms with Crippen LogP contribution in [0.4, 0.5) is 0 Å². The summed E-state index contributed by atoms with van der Waals surface area (Å²) in [6.45, 7) is 0. The van der Waals surface area contributed by atoms with Gasteiger partial charge in [-0.2, -0.15) is 0 Å². The third-order valence-electron chi connectivity index (χ3n) is 4.22. The number of benzene rings is 2. The van der Waals surface area contributed by atoms with Gasteiger partial charge in [-0.1, -0.05) is 60.4 Å². The van der Waals surface area contributed by atoms with Crippen LogP contribution in [0.5, 0.6) is 0 Å². The Kier molecular flexibility index (Phi) is 4.89. The molecule has 1 N–H and O–H groups in total. The number of carbonyl (C=O) groups is 2. The van der Waals surface area contributed by atoms with E-state index in [0.29, 0.717) is 16.0 Å². The molecule has 1 aromatic heterocycles. The number of thiocarbonyl (C=S) groups is 1. The van der Waals surface area contributed by atoms with E-state index in [4.69, 9.17) is 12.2 Å². The van der Waals surface area contributed by atoms with Gasteiger partial charge >= 0.3 is 5.97 Å². The Bertz CT molecular complexity index is 1130. The van der Waals surface area contributed by atoms with E-state index < -0.39 is 17.9 Å². The molecule has 8 heteroatoms. The maximum atomic E-state index is 13.0. The molecule has 28 heavy (non-hydrogen) atoms. The van der Waals surface area contributed by atoms with Crippen LogP contribution in [-0.2, 0) is 9.59 Å². The number of aliphatic carboxylic acids is 1. The van der Waals surface area contributed by atoms with Gasteiger partial charge in [0.1, 0.15) is 4.32 Å². The summed E-state index contributed by atoms with van der Waals surface area (Å²) < 4.78 is 0.216. The van der Waals surface area contributed by atoms with Crippen LogP contribution in [0, 0.1) is 0 Å². The lowest BCUT2D eigenvalue weighted by Gasteiger charge is -2.23. The van der Waals surface area contributed by atoms with Crippen molar-refractivity contribution >= 4 is 57.3 Å². The van der Waals surface area contributed by atoms with Crippen LogP contribution < -0.4 is 0 Å². The van der Waals surface area contributed by atoms with Crippen LogP contribution in [0.1, 0.15) is 17.2 Å². The van der Waals surface area contributed by atoms with Gasteiger partial charge < -0.3 is 5.11 Å². The fraction of sp³-hybridized carbons (Fsp3) is 0.0500. The minimum absolute atomic E-state index is 0.216. The highest BCUT2D eigenvalue weighted by molar-refractivity contribution is 8.26. The van der Waals surface area contributed by atoms with E-state index in [9.17, 15) is 14.7 Å². The van der Waals surface area contributed by atoms with Crippen molar-refractivity contribution in [1.29, 1.82) is 0 Å². The molecule has 4 rings (SSSR count). The second-order valence-electron chi connectivity index (χ2n) is 6.01. The molecule has 3 aromatic rings. The van der Waals surface area contributed by atoms with Gasteiger partial charge in [-0.05, 0) is 29.3 Å². The number of amides is 1. The molecule has 0 unspecified atom stereocenters. The van der Waals surface area contributed by atoms with Crippen molar-refractivity contribution in [1.82, 2.24) is 14.9 Å². The second-order valence-corrected chi connectivity index (χ2v) is 7.68. The van der Waals surface area contributed by atoms with Crippen LogP contribution in [0.3, 0.4) is 0 Å². The fourth-order valence-electron chi connectivity index (χ4n) is 2.96. The molecule has 0 radical (unpaired) electrons. The average Bonchev–Trinajstić information content (AvgIpc) is 2.96. The highest BCUT2D eigenvalue weighted by atomic mass is 32.2. The quantitative estimate of drug-likeness (QED) is 0.522. The third kappa shape index (κ3) is 3.39. The van der Waals surface area contributed by atoms with Gasteiger partial charge in [0, 0.05) is 12.4 Å².